The van der Waals surface area contributed by atoms with Crippen LogP contribution in [0.4, 0.5) is 5.69 Å². The van der Waals surface area contributed by atoms with Gasteiger partial charge in [-0.2, -0.15) is 0 Å². The fraction of sp³-hybridized carbons (Fsp3) is 0.412. The van der Waals surface area contributed by atoms with E-state index in [-0.39, 0.29) is 5.91 Å². The van der Waals surface area contributed by atoms with E-state index in [2.05, 4.69) is 41.2 Å². The number of rotatable bonds is 7. The normalized spacial score (nSPS) is 12.0. The molecular formula is C17H23N3O2S. The molecule has 5 nitrogen and oxygen atoms in total. The SMILES string of the molecule is CCN(CCNC(=O)c1cnc([C@@H](C)O)s1)c1ccccc1C. The molecule has 2 aromatic rings. The Hall–Kier alpha value is -1.92. The molecule has 0 unspecified atom stereocenters. The highest BCUT2D eigenvalue weighted by Gasteiger charge is 2.13. The maximum absolute atomic E-state index is 12.1. The van der Waals surface area contributed by atoms with Crippen molar-refractivity contribution in [3.05, 3.63) is 45.9 Å². The molecule has 1 amide bonds. The number of hydrogen-bond acceptors (Lipinski definition) is 5. The topological polar surface area (TPSA) is 65.5 Å². The third kappa shape index (κ3) is 4.53. The molecule has 0 aliphatic carbocycles. The zero-order valence-corrected chi connectivity index (χ0v) is 14.6. The first kappa shape index (κ1) is 17.4. The lowest BCUT2D eigenvalue weighted by molar-refractivity contribution is 0.0958. The van der Waals surface area contributed by atoms with Crippen molar-refractivity contribution in [2.75, 3.05) is 24.5 Å². The summed E-state index contributed by atoms with van der Waals surface area (Å²) in [6, 6.07) is 8.24. The maximum Gasteiger partial charge on any atom is 0.263 e. The molecule has 6 heteroatoms. The number of aromatic nitrogens is 1. The second kappa shape index (κ2) is 8.08. The molecule has 0 fully saturated rings. The van der Waals surface area contributed by atoms with Crippen molar-refractivity contribution in [3.63, 3.8) is 0 Å². The first-order valence-corrected chi connectivity index (χ1v) is 8.57. The Morgan fingerprint density at radius 2 is 2.17 bits per heavy atom. The summed E-state index contributed by atoms with van der Waals surface area (Å²) in [7, 11) is 0. The van der Waals surface area contributed by atoms with Gasteiger partial charge in [0.05, 0.1) is 6.20 Å². The largest absolute Gasteiger partial charge is 0.386 e. The van der Waals surface area contributed by atoms with Gasteiger partial charge in [0, 0.05) is 25.3 Å². The predicted octanol–water partition coefficient (Wildman–Crippen LogP) is 2.76. The number of nitrogens with zero attached hydrogens (tertiary/aromatic N) is 2. The minimum absolute atomic E-state index is 0.143. The Morgan fingerprint density at radius 3 is 2.78 bits per heavy atom. The Labute approximate surface area is 141 Å². The molecule has 1 aromatic carbocycles. The van der Waals surface area contributed by atoms with E-state index in [4.69, 9.17) is 0 Å². The summed E-state index contributed by atoms with van der Waals surface area (Å²) in [4.78, 5) is 18.9. The van der Waals surface area contributed by atoms with E-state index in [0.717, 1.165) is 13.1 Å². The summed E-state index contributed by atoms with van der Waals surface area (Å²) in [5.74, 6) is -0.143. The van der Waals surface area contributed by atoms with Gasteiger partial charge < -0.3 is 15.3 Å². The van der Waals surface area contributed by atoms with Crippen LogP contribution in [0, 0.1) is 6.92 Å². The minimum Gasteiger partial charge on any atom is -0.386 e. The molecule has 1 atom stereocenters. The number of aliphatic hydroxyl groups is 1. The van der Waals surface area contributed by atoms with Gasteiger partial charge in [0.15, 0.2) is 0 Å². The number of nitrogens with one attached hydrogen (secondary N) is 1. The number of carbonyl (C=O) groups is 1. The van der Waals surface area contributed by atoms with E-state index in [0.29, 0.717) is 16.4 Å². The Morgan fingerprint density at radius 1 is 1.43 bits per heavy atom. The molecule has 124 valence electrons. The van der Waals surface area contributed by atoms with Gasteiger partial charge in [0.25, 0.3) is 5.91 Å². The van der Waals surface area contributed by atoms with Gasteiger partial charge in [0.2, 0.25) is 0 Å². The number of aryl methyl sites for hydroxylation is 1. The van der Waals surface area contributed by atoms with Gasteiger partial charge in [-0.05, 0) is 32.4 Å². The van der Waals surface area contributed by atoms with E-state index in [9.17, 15) is 9.90 Å². The predicted molar refractivity (Wildman–Crippen MR) is 94.1 cm³/mol. The van der Waals surface area contributed by atoms with Crippen molar-refractivity contribution in [2.24, 2.45) is 0 Å². The number of amides is 1. The number of likely N-dealkylation sites (N-methyl/N-ethyl adjacent to an activating group) is 1. The minimum atomic E-state index is -0.641. The molecule has 2 rings (SSSR count). The van der Waals surface area contributed by atoms with Crippen LogP contribution < -0.4 is 10.2 Å². The average molecular weight is 333 g/mol. The number of aliphatic hydroxyl groups excluding tert-OH is 1. The van der Waals surface area contributed by atoms with E-state index in [1.54, 1.807) is 6.92 Å². The quantitative estimate of drug-likeness (QED) is 0.818. The molecule has 0 saturated carbocycles. The number of para-hydroxylation sites is 1. The Kier molecular flexibility index (Phi) is 6.12. The fourth-order valence-corrected chi connectivity index (χ4v) is 3.12. The second-order valence-corrected chi connectivity index (χ2v) is 6.42. The smallest absolute Gasteiger partial charge is 0.263 e. The van der Waals surface area contributed by atoms with E-state index in [1.165, 1.54) is 28.8 Å². The summed E-state index contributed by atoms with van der Waals surface area (Å²) in [6.45, 7) is 8.02. The molecule has 0 radical (unpaired) electrons. The van der Waals surface area contributed by atoms with Crippen molar-refractivity contribution in [1.29, 1.82) is 0 Å². The van der Waals surface area contributed by atoms with E-state index < -0.39 is 6.10 Å². The lowest BCUT2D eigenvalue weighted by Gasteiger charge is -2.25. The van der Waals surface area contributed by atoms with Gasteiger partial charge in [-0.3, -0.25) is 4.79 Å². The highest BCUT2D eigenvalue weighted by molar-refractivity contribution is 7.13. The highest BCUT2D eigenvalue weighted by Crippen LogP contribution is 2.20. The van der Waals surface area contributed by atoms with Crippen LogP contribution in [0.15, 0.2) is 30.5 Å². The summed E-state index contributed by atoms with van der Waals surface area (Å²) in [5.41, 5.74) is 2.42. The van der Waals surface area contributed by atoms with Crippen molar-refractivity contribution in [1.82, 2.24) is 10.3 Å². The number of thiazole rings is 1. The van der Waals surface area contributed by atoms with Gasteiger partial charge >= 0.3 is 0 Å². The number of carbonyl (C=O) groups excluding carboxylic acids is 1. The average Bonchev–Trinajstić information content (AvgIpc) is 3.03. The molecule has 0 aliphatic heterocycles. The number of anilines is 1. The summed E-state index contributed by atoms with van der Waals surface area (Å²) >= 11 is 1.23. The molecule has 2 N–H and O–H groups in total. The van der Waals surface area contributed by atoms with Crippen molar-refractivity contribution >= 4 is 22.9 Å². The molecule has 0 spiro atoms. The summed E-state index contributed by atoms with van der Waals surface area (Å²) in [5, 5.41) is 12.9. The van der Waals surface area contributed by atoms with Crippen LogP contribution in [0.1, 0.15) is 40.2 Å². The zero-order chi connectivity index (χ0) is 16.8. The monoisotopic (exact) mass is 333 g/mol. The molecule has 23 heavy (non-hydrogen) atoms. The fourth-order valence-electron chi connectivity index (χ4n) is 2.34. The van der Waals surface area contributed by atoms with Crippen LogP contribution in [0.25, 0.3) is 0 Å². The molecule has 1 heterocycles. The molecular weight excluding hydrogens is 310 g/mol. The van der Waals surface area contributed by atoms with Crippen LogP contribution >= 0.6 is 11.3 Å². The first-order chi connectivity index (χ1) is 11.0. The third-order valence-corrected chi connectivity index (χ3v) is 4.78. The van der Waals surface area contributed by atoms with Gasteiger partial charge in [-0.15, -0.1) is 11.3 Å². The zero-order valence-electron chi connectivity index (χ0n) is 13.7. The van der Waals surface area contributed by atoms with Crippen LogP contribution in [-0.2, 0) is 0 Å². The van der Waals surface area contributed by atoms with Gasteiger partial charge in [-0.1, -0.05) is 18.2 Å². The Balaban J connectivity index is 1.90. The van der Waals surface area contributed by atoms with Crippen molar-refractivity contribution in [3.8, 4) is 0 Å². The van der Waals surface area contributed by atoms with Crippen molar-refractivity contribution in [2.45, 2.75) is 26.9 Å². The Bertz CT molecular complexity index is 655. The lowest BCUT2D eigenvalue weighted by Crippen LogP contribution is -2.35. The van der Waals surface area contributed by atoms with Crippen molar-refractivity contribution < 1.29 is 9.90 Å². The van der Waals surface area contributed by atoms with Crippen LogP contribution in [0.2, 0.25) is 0 Å². The third-order valence-electron chi connectivity index (χ3n) is 3.61. The molecule has 1 aromatic heterocycles. The highest BCUT2D eigenvalue weighted by atomic mass is 32.1. The molecule has 0 saturated heterocycles. The van der Waals surface area contributed by atoms with Crippen LogP contribution in [0.5, 0.6) is 0 Å². The van der Waals surface area contributed by atoms with Gasteiger partial charge in [0.1, 0.15) is 16.0 Å². The first-order valence-electron chi connectivity index (χ1n) is 7.75. The molecule has 0 bridgehead atoms. The maximum atomic E-state index is 12.1. The summed E-state index contributed by atoms with van der Waals surface area (Å²) in [6.07, 6.45) is 0.874. The van der Waals surface area contributed by atoms with Crippen LogP contribution in [0.3, 0.4) is 0 Å². The van der Waals surface area contributed by atoms with E-state index in [1.807, 2.05) is 12.1 Å². The second-order valence-electron chi connectivity index (χ2n) is 5.36. The number of benzene rings is 1. The standard InChI is InChI=1S/C17H23N3O2S/c1-4-20(14-8-6-5-7-12(14)2)10-9-18-16(22)15-11-19-17(23-15)13(3)21/h5-8,11,13,21H,4,9-10H2,1-3H3,(H,18,22)/t13-/m1/s1. The van der Waals surface area contributed by atoms with Gasteiger partial charge in [-0.25, -0.2) is 4.98 Å². The van der Waals surface area contributed by atoms with E-state index >= 15 is 0 Å². The summed E-state index contributed by atoms with van der Waals surface area (Å²) < 4.78 is 0. The molecule has 0 aliphatic rings. The lowest BCUT2D eigenvalue weighted by atomic mass is 10.2. The number of hydrogen-bond donors (Lipinski definition) is 2. The van der Waals surface area contributed by atoms with Crippen LogP contribution in [-0.4, -0.2) is 35.6 Å².